The fraction of sp³-hybridized carbons (Fsp3) is 0.727. The van der Waals surface area contributed by atoms with Crippen LogP contribution in [0, 0.1) is 0 Å². The molecule has 0 aliphatic carbocycles. The molecule has 0 aromatic heterocycles. The molecular weight excluding hydrogens is 258 g/mol. The van der Waals surface area contributed by atoms with Crippen LogP contribution >= 0.6 is 0 Å². The van der Waals surface area contributed by atoms with Gasteiger partial charge in [-0.3, -0.25) is 14.4 Å². The minimum Gasteiger partial charge on any atom is -0.456 e. The number of hydrogen-bond acceptors (Lipinski definition) is 7. The first-order valence-corrected chi connectivity index (χ1v) is 5.72. The number of ether oxygens (including phenoxy) is 3. The highest BCUT2D eigenvalue weighted by atomic mass is 16.6. The Morgan fingerprint density at radius 3 is 2.21 bits per heavy atom. The van der Waals surface area contributed by atoms with Crippen molar-refractivity contribution >= 4 is 17.8 Å². The lowest BCUT2D eigenvalue weighted by atomic mass is 10.0. The van der Waals surface area contributed by atoms with E-state index in [1.165, 1.54) is 20.8 Å². The maximum absolute atomic E-state index is 11.1. The molecule has 1 unspecified atom stereocenters. The molecular formula is C11H17NO7. The van der Waals surface area contributed by atoms with Crippen LogP contribution in [0.1, 0.15) is 20.8 Å². The Labute approximate surface area is 110 Å². The maximum atomic E-state index is 11.1. The average Bonchev–Trinajstić information content (AvgIpc) is 2.25. The van der Waals surface area contributed by atoms with Crippen molar-refractivity contribution in [1.29, 1.82) is 0 Å². The summed E-state index contributed by atoms with van der Waals surface area (Å²) >= 11 is 0. The Morgan fingerprint density at radius 1 is 1.16 bits per heavy atom. The molecule has 8 nitrogen and oxygen atoms in total. The number of amides is 1. The zero-order valence-electron chi connectivity index (χ0n) is 10.9. The van der Waals surface area contributed by atoms with Crippen molar-refractivity contribution in [2.75, 3.05) is 6.61 Å². The summed E-state index contributed by atoms with van der Waals surface area (Å²) < 4.78 is 15.0. The number of nitrogens with one attached hydrogen (secondary N) is 1. The maximum Gasteiger partial charge on any atom is 0.303 e. The highest BCUT2D eigenvalue weighted by molar-refractivity contribution is 5.73. The molecule has 0 saturated carbocycles. The first-order valence-electron chi connectivity index (χ1n) is 5.72. The van der Waals surface area contributed by atoms with Gasteiger partial charge < -0.3 is 24.6 Å². The normalized spacial score (nSPS) is 30.3. The third-order valence-electron chi connectivity index (χ3n) is 2.45. The van der Waals surface area contributed by atoms with Gasteiger partial charge in [0.1, 0.15) is 6.04 Å². The Morgan fingerprint density at radius 2 is 1.74 bits per heavy atom. The van der Waals surface area contributed by atoms with E-state index in [1.807, 2.05) is 0 Å². The van der Waals surface area contributed by atoms with Crippen LogP contribution in [0.4, 0.5) is 0 Å². The minimum absolute atomic E-state index is 0.130. The van der Waals surface area contributed by atoms with Gasteiger partial charge in [-0.2, -0.15) is 0 Å². The molecule has 1 fully saturated rings. The highest BCUT2D eigenvalue weighted by Gasteiger charge is 2.44. The molecule has 8 heteroatoms. The first kappa shape index (κ1) is 15.4. The standard InChI is InChI=1S/C11H17NO7/c1-5(13)12-9-10(19-7(3)15)8(18-6(2)14)4-17-11(9)16/h8-11,16H,4H2,1-3H3,(H,12,13)/t8-,9-,10+,11?/m1/s1. The van der Waals surface area contributed by atoms with Gasteiger partial charge in [0.05, 0.1) is 6.61 Å². The van der Waals surface area contributed by atoms with Crippen LogP contribution in [0.5, 0.6) is 0 Å². The number of aliphatic hydroxyl groups is 1. The van der Waals surface area contributed by atoms with Gasteiger partial charge in [-0.1, -0.05) is 0 Å². The molecule has 19 heavy (non-hydrogen) atoms. The molecule has 4 atom stereocenters. The van der Waals surface area contributed by atoms with Crippen molar-refractivity contribution in [3.8, 4) is 0 Å². The SMILES string of the molecule is CC(=O)N[C@H]1C(O)OC[C@@H](OC(C)=O)[C@@H]1OC(C)=O. The first-order chi connectivity index (χ1) is 8.81. The Balaban J connectivity index is 2.89. The molecule has 1 rings (SSSR count). The molecule has 1 heterocycles. The molecule has 0 radical (unpaired) electrons. The third-order valence-corrected chi connectivity index (χ3v) is 2.45. The van der Waals surface area contributed by atoms with Crippen molar-refractivity contribution in [1.82, 2.24) is 5.32 Å². The van der Waals surface area contributed by atoms with E-state index in [0.717, 1.165) is 0 Å². The van der Waals surface area contributed by atoms with Crippen molar-refractivity contribution in [2.45, 2.75) is 45.3 Å². The van der Waals surface area contributed by atoms with E-state index in [-0.39, 0.29) is 6.61 Å². The summed E-state index contributed by atoms with van der Waals surface area (Å²) in [6.45, 7) is 3.49. The second-order valence-electron chi connectivity index (χ2n) is 4.17. The van der Waals surface area contributed by atoms with Gasteiger partial charge in [-0.25, -0.2) is 0 Å². The number of esters is 2. The van der Waals surface area contributed by atoms with Crippen LogP contribution in [-0.2, 0) is 28.6 Å². The summed E-state index contributed by atoms with van der Waals surface area (Å²) in [5.41, 5.74) is 0. The summed E-state index contributed by atoms with van der Waals surface area (Å²) in [5, 5.41) is 12.1. The van der Waals surface area contributed by atoms with E-state index >= 15 is 0 Å². The zero-order chi connectivity index (χ0) is 14.6. The predicted octanol–water partition coefficient (Wildman–Crippen LogP) is -1.30. The second kappa shape index (κ2) is 6.48. The van der Waals surface area contributed by atoms with Crippen LogP contribution in [0.3, 0.4) is 0 Å². The van der Waals surface area contributed by atoms with Crippen molar-refractivity contribution in [3.63, 3.8) is 0 Å². The van der Waals surface area contributed by atoms with Gasteiger partial charge in [-0.05, 0) is 0 Å². The molecule has 0 spiro atoms. The largest absolute Gasteiger partial charge is 0.456 e. The van der Waals surface area contributed by atoms with Gasteiger partial charge in [0, 0.05) is 20.8 Å². The zero-order valence-corrected chi connectivity index (χ0v) is 10.9. The molecule has 108 valence electrons. The Bertz CT molecular complexity index is 370. The van der Waals surface area contributed by atoms with Gasteiger partial charge in [-0.15, -0.1) is 0 Å². The van der Waals surface area contributed by atoms with E-state index in [0.29, 0.717) is 0 Å². The molecule has 1 aliphatic rings. The van der Waals surface area contributed by atoms with Crippen LogP contribution in [-0.4, -0.2) is 54.1 Å². The number of carbonyl (C=O) groups is 3. The Hall–Kier alpha value is -1.67. The predicted molar refractivity (Wildman–Crippen MR) is 60.7 cm³/mol. The molecule has 0 aromatic rings. The number of hydrogen-bond donors (Lipinski definition) is 2. The smallest absolute Gasteiger partial charge is 0.303 e. The van der Waals surface area contributed by atoms with Gasteiger partial charge >= 0.3 is 11.9 Å². The molecule has 0 aromatic carbocycles. The van der Waals surface area contributed by atoms with Gasteiger partial charge in [0.25, 0.3) is 0 Å². The highest BCUT2D eigenvalue weighted by Crippen LogP contribution is 2.20. The fourth-order valence-electron chi connectivity index (χ4n) is 1.83. The van der Waals surface area contributed by atoms with Crippen LogP contribution < -0.4 is 5.32 Å². The topological polar surface area (TPSA) is 111 Å². The summed E-state index contributed by atoms with van der Waals surface area (Å²) in [7, 11) is 0. The van der Waals surface area contributed by atoms with Crippen molar-refractivity contribution in [3.05, 3.63) is 0 Å². The second-order valence-corrected chi connectivity index (χ2v) is 4.17. The van der Waals surface area contributed by atoms with Crippen LogP contribution in [0.15, 0.2) is 0 Å². The summed E-state index contributed by atoms with van der Waals surface area (Å²) in [6, 6.07) is -1.00. The van der Waals surface area contributed by atoms with E-state index < -0.39 is 42.4 Å². The van der Waals surface area contributed by atoms with Crippen molar-refractivity contribution < 1.29 is 33.7 Å². The molecule has 1 amide bonds. The summed E-state index contributed by atoms with van der Waals surface area (Å²) in [4.78, 5) is 33.2. The number of carbonyl (C=O) groups excluding carboxylic acids is 3. The molecule has 2 N–H and O–H groups in total. The molecule has 0 bridgehead atoms. The lowest BCUT2D eigenvalue weighted by Gasteiger charge is -2.39. The number of aliphatic hydroxyl groups excluding tert-OH is 1. The average molecular weight is 275 g/mol. The monoisotopic (exact) mass is 275 g/mol. The third kappa shape index (κ3) is 4.49. The van der Waals surface area contributed by atoms with Crippen LogP contribution in [0.25, 0.3) is 0 Å². The molecule has 1 saturated heterocycles. The number of rotatable bonds is 3. The lowest BCUT2D eigenvalue weighted by Crippen LogP contribution is -2.62. The summed E-state index contributed by atoms with van der Waals surface area (Å²) in [5.74, 6) is -1.64. The van der Waals surface area contributed by atoms with Gasteiger partial charge in [0.2, 0.25) is 5.91 Å². The van der Waals surface area contributed by atoms with Crippen molar-refractivity contribution in [2.24, 2.45) is 0 Å². The summed E-state index contributed by atoms with van der Waals surface area (Å²) in [6.07, 6.45) is -3.24. The Kier molecular flexibility index (Phi) is 5.25. The van der Waals surface area contributed by atoms with E-state index in [4.69, 9.17) is 14.2 Å². The van der Waals surface area contributed by atoms with Gasteiger partial charge in [0.15, 0.2) is 18.5 Å². The molecule has 1 aliphatic heterocycles. The lowest BCUT2D eigenvalue weighted by molar-refractivity contribution is -0.229. The quantitative estimate of drug-likeness (QED) is 0.616. The minimum atomic E-state index is -1.35. The van der Waals surface area contributed by atoms with E-state index in [9.17, 15) is 19.5 Å². The van der Waals surface area contributed by atoms with E-state index in [1.54, 1.807) is 0 Å². The fourth-order valence-corrected chi connectivity index (χ4v) is 1.83. The van der Waals surface area contributed by atoms with Crippen LogP contribution in [0.2, 0.25) is 0 Å². The van der Waals surface area contributed by atoms with E-state index in [2.05, 4.69) is 5.32 Å².